The maximum absolute atomic E-state index is 13.4. The molecule has 2 nitrogen and oxygen atoms in total. The van der Waals surface area contributed by atoms with Crippen molar-refractivity contribution in [3.05, 3.63) is 50.1 Å². The number of rotatable bonds is 3. The Morgan fingerprint density at radius 2 is 2.00 bits per heavy atom. The van der Waals surface area contributed by atoms with Crippen molar-refractivity contribution in [1.82, 2.24) is 10.3 Å². The molecule has 0 aliphatic rings. The van der Waals surface area contributed by atoms with Gasteiger partial charge in [0.15, 0.2) is 5.01 Å². The third-order valence-corrected chi connectivity index (χ3v) is 4.12. The van der Waals surface area contributed by atoms with Crippen LogP contribution in [0, 0.1) is 5.82 Å². The molecule has 1 unspecified atom stereocenters. The Morgan fingerprint density at radius 3 is 2.50 bits per heavy atom. The highest BCUT2D eigenvalue weighted by atomic mass is 79.9. The van der Waals surface area contributed by atoms with Gasteiger partial charge in [-0.2, -0.15) is 13.2 Å². The molecule has 8 heteroatoms. The molecule has 0 aliphatic heterocycles. The lowest BCUT2D eigenvalue weighted by Gasteiger charge is -2.15. The standard InChI is InChI=1S/C12H9BrF4N2S/c1-18-10(6-2-7(13)4-8(14)3-6)9-5-19-11(20-9)12(15,16)17/h2-5,10,18H,1H3. The van der Waals surface area contributed by atoms with E-state index in [0.29, 0.717) is 26.3 Å². The van der Waals surface area contributed by atoms with Crippen LogP contribution in [0.2, 0.25) is 0 Å². The zero-order valence-corrected chi connectivity index (χ0v) is 12.5. The van der Waals surface area contributed by atoms with Crippen LogP contribution < -0.4 is 5.32 Å². The lowest BCUT2D eigenvalue weighted by Crippen LogP contribution is -2.16. The number of alkyl halides is 3. The molecule has 1 atom stereocenters. The number of hydrogen-bond acceptors (Lipinski definition) is 3. The highest BCUT2D eigenvalue weighted by Gasteiger charge is 2.35. The molecule has 0 radical (unpaired) electrons. The van der Waals surface area contributed by atoms with E-state index in [4.69, 9.17) is 0 Å². The Hall–Kier alpha value is -0.990. The number of nitrogens with zero attached hydrogens (tertiary/aromatic N) is 1. The molecular formula is C12H9BrF4N2S. The molecular weight excluding hydrogens is 360 g/mol. The summed E-state index contributed by atoms with van der Waals surface area (Å²) in [6.45, 7) is 0. The summed E-state index contributed by atoms with van der Waals surface area (Å²) in [5.74, 6) is -0.463. The summed E-state index contributed by atoms with van der Waals surface area (Å²) in [5.41, 5.74) is 0.525. The van der Waals surface area contributed by atoms with Gasteiger partial charge in [-0.15, -0.1) is 11.3 Å². The van der Waals surface area contributed by atoms with Crippen molar-refractivity contribution >= 4 is 27.3 Å². The number of thiazole rings is 1. The van der Waals surface area contributed by atoms with Crippen LogP contribution in [0.4, 0.5) is 17.6 Å². The third-order valence-electron chi connectivity index (χ3n) is 2.56. The maximum atomic E-state index is 13.4. The number of halogens is 5. The van der Waals surface area contributed by atoms with Gasteiger partial charge >= 0.3 is 6.18 Å². The summed E-state index contributed by atoms with van der Waals surface area (Å²) in [6.07, 6.45) is -3.31. The van der Waals surface area contributed by atoms with Crippen molar-refractivity contribution in [3.8, 4) is 0 Å². The van der Waals surface area contributed by atoms with Gasteiger partial charge in [-0.1, -0.05) is 15.9 Å². The van der Waals surface area contributed by atoms with Crippen molar-refractivity contribution < 1.29 is 17.6 Å². The minimum Gasteiger partial charge on any atom is -0.309 e. The highest BCUT2D eigenvalue weighted by Crippen LogP contribution is 2.36. The van der Waals surface area contributed by atoms with E-state index in [-0.39, 0.29) is 0 Å². The third kappa shape index (κ3) is 3.36. The summed E-state index contributed by atoms with van der Waals surface area (Å²) in [7, 11) is 1.59. The van der Waals surface area contributed by atoms with E-state index >= 15 is 0 Å². The van der Waals surface area contributed by atoms with Crippen molar-refractivity contribution in [2.24, 2.45) is 0 Å². The van der Waals surface area contributed by atoms with Gasteiger partial charge < -0.3 is 5.32 Å². The Balaban J connectivity index is 2.39. The van der Waals surface area contributed by atoms with E-state index in [0.717, 1.165) is 6.20 Å². The molecule has 0 bridgehead atoms. The molecule has 20 heavy (non-hydrogen) atoms. The second-order valence-corrected chi connectivity index (χ2v) is 5.97. The second-order valence-electron chi connectivity index (χ2n) is 3.99. The van der Waals surface area contributed by atoms with E-state index in [1.807, 2.05) is 0 Å². The fourth-order valence-corrected chi connectivity index (χ4v) is 3.17. The van der Waals surface area contributed by atoms with Crippen molar-refractivity contribution in [3.63, 3.8) is 0 Å². The Bertz CT molecular complexity index is 591. The average molecular weight is 369 g/mol. The van der Waals surface area contributed by atoms with Gasteiger partial charge in [0.2, 0.25) is 0 Å². The molecule has 2 rings (SSSR count). The molecule has 2 aromatic rings. The zero-order chi connectivity index (χ0) is 14.9. The van der Waals surface area contributed by atoms with Crippen LogP contribution in [0.3, 0.4) is 0 Å². The van der Waals surface area contributed by atoms with E-state index < -0.39 is 23.0 Å². The first-order valence-corrected chi connectivity index (χ1v) is 7.08. The van der Waals surface area contributed by atoms with Gasteiger partial charge in [-0.25, -0.2) is 9.37 Å². The summed E-state index contributed by atoms with van der Waals surface area (Å²) in [4.78, 5) is 3.75. The fraction of sp³-hybridized carbons (Fsp3) is 0.250. The van der Waals surface area contributed by atoms with Crippen LogP contribution >= 0.6 is 27.3 Å². The van der Waals surface area contributed by atoms with E-state index in [2.05, 4.69) is 26.2 Å². The molecule has 1 aromatic carbocycles. The molecule has 0 spiro atoms. The van der Waals surface area contributed by atoms with Crippen LogP contribution in [-0.2, 0) is 6.18 Å². The minimum atomic E-state index is -4.47. The SMILES string of the molecule is CNC(c1cc(F)cc(Br)c1)c1cnc(C(F)(F)F)s1. The number of aromatic nitrogens is 1. The molecule has 0 saturated heterocycles. The monoisotopic (exact) mass is 368 g/mol. The van der Waals surface area contributed by atoms with Crippen LogP contribution in [-0.4, -0.2) is 12.0 Å². The summed E-state index contributed by atoms with van der Waals surface area (Å²) in [5, 5.41) is 1.96. The first-order valence-electron chi connectivity index (χ1n) is 5.47. The minimum absolute atomic E-state index is 0.373. The molecule has 0 saturated carbocycles. The zero-order valence-electron chi connectivity index (χ0n) is 10.1. The first kappa shape index (κ1) is 15.4. The smallest absolute Gasteiger partial charge is 0.309 e. The predicted molar refractivity (Wildman–Crippen MR) is 72.1 cm³/mol. The van der Waals surface area contributed by atoms with Crippen LogP contribution in [0.1, 0.15) is 21.5 Å². The molecule has 108 valence electrons. The number of hydrogen-bond donors (Lipinski definition) is 1. The van der Waals surface area contributed by atoms with E-state index in [1.165, 1.54) is 12.1 Å². The second kappa shape index (κ2) is 5.79. The van der Waals surface area contributed by atoms with Gasteiger partial charge in [0.25, 0.3) is 0 Å². The largest absolute Gasteiger partial charge is 0.443 e. The summed E-state index contributed by atoms with van der Waals surface area (Å²) >= 11 is 3.70. The van der Waals surface area contributed by atoms with E-state index in [1.54, 1.807) is 13.1 Å². The topological polar surface area (TPSA) is 24.9 Å². The van der Waals surface area contributed by atoms with Gasteiger partial charge in [0.1, 0.15) is 5.82 Å². The van der Waals surface area contributed by atoms with Crippen LogP contribution in [0.5, 0.6) is 0 Å². The predicted octanol–water partition coefficient (Wildman–Crippen LogP) is 4.37. The number of benzene rings is 1. The Morgan fingerprint density at radius 1 is 1.30 bits per heavy atom. The Kier molecular flexibility index (Phi) is 4.46. The number of nitrogens with one attached hydrogen (secondary N) is 1. The average Bonchev–Trinajstić information content (AvgIpc) is 2.77. The molecule has 0 amide bonds. The molecule has 0 fully saturated rings. The lowest BCUT2D eigenvalue weighted by atomic mass is 10.1. The molecule has 1 N–H and O–H groups in total. The van der Waals surface area contributed by atoms with Gasteiger partial charge in [-0.3, -0.25) is 0 Å². The fourth-order valence-electron chi connectivity index (χ4n) is 1.77. The van der Waals surface area contributed by atoms with Crippen molar-refractivity contribution in [1.29, 1.82) is 0 Å². The van der Waals surface area contributed by atoms with Gasteiger partial charge in [0.05, 0.1) is 6.04 Å². The Labute approximate surface area is 125 Å². The van der Waals surface area contributed by atoms with Crippen molar-refractivity contribution in [2.75, 3.05) is 7.05 Å². The lowest BCUT2D eigenvalue weighted by molar-refractivity contribution is -0.137. The normalized spacial score (nSPS) is 13.5. The molecule has 1 aromatic heterocycles. The van der Waals surface area contributed by atoms with Crippen LogP contribution in [0.25, 0.3) is 0 Å². The van der Waals surface area contributed by atoms with Gasteiger partial charge in [-0.05, 0) is 30.8 Å². The summed E-state index contributed by atoms with van der Waals surface area (Å²) < 4.78 is 51.6. The van der Waals surface area contributed by atoms with Gasteiger partial charge in [0, 0.05) is 15.5 Å². The van der Waals surface area contributed by atoms with Crippen LogP contribution in [0.15, 0.2) is 28.9 Å². The van der Waals surface area contributed by atoms with Crippen molar-refractivity contribution in [2.45, 2.75) is 12.2 Å². The van der Waals surface area contributed by atoms with E-state index in [9.17, 15) is 17.6 Å². The molecule has 0 aliphatic carbocycles. The first-order chi connectivity index (χ1) is 9.31. The maximum Gasteiger partial charge on any atom is 0.443 e. The molecule has 1 heterocycles. The highest BCUT2D eigenvalue weighted by molar-refractivity contribution is 9.10. The summed E-state index contributed by atoms with van der Waals surface area (Å²) in [6, 6.07) is 3.66. The quantitative estimate of drug-likeness (QED) is 0.813.